The van der Waals surface area contributed by atoms with E-state index >= 15 is 0 Å². The van der Waals surface area contributed by atoms with Crippen molar-refractivity contribution < 1.29 is 4.79 Å². The largest absolute Gasteiger partial charge is 0.292 e. The summed E-state index contributed by atoms with van der Waals surface area (Å²) in [5.41, 5.74) is 0.544. The summed E-state index contributed by atoms with van der Waals surface area (Å²) in [5.74, 6) is 0.105. The predicted octanol–water partition coefficient (Wildman–Crippen LogP) is 4.40. The lowest BCUT2D eigenvalue weighted by atomic mass is 10.1. The summed E-state index contributed by atoms with van der Waals surface area (Å²) in [6.07, 6.45) is 10.6. The molecule has 1 heterocycles. The summed E-state index contributed by atoms with van der Waals surface area (Å²) >= 11 is 5.93. The van der Waals surface area contributed by atoms with Gasteiger partial charge in [0.25, 0.3) is 0 Å². The average Bonchev–Trinajstić information content (AvgIpc) is 2.68. The second-order valence-corrected chi connectivity index (χ2v) is 5.17. The van der Waals surface area contributed by atoms with Crippen molar-refractivity contribution >= 4 is 17.4 Å². The summed E-state index contributed by atoms with van der Waals surface area (Å²) < 4.78 is 1.56. The number of aromatic nitrogens is 2. The molecule has 0 N–H and O–H groups in total. The van der Waals surface area contributed by atoms with E-state index in [1.807, 2.05) is 0 Å². The van der Waals surface area contributed by atoms with E-state index in [2.05, 4.69) is 12.0 Å². The van der Waals surface area contributed by atoms with Gasteiger partial charge in [0.2, 0.25) is 0 Å². The number of halogens is 1. The molecule has 4 heteroatoms. The molecule has 0 aliphatic heterocycles. The molecule has 0 aliphatic carbocycles. The Bertz CT molecular complexity index is 354. The quantitative estimate of drug-likeness (QED) is 0.492. The molecule has 0 unspecified atom stereocenters. The summed E-state index contributed by atoms with van der Waals surface area (Å²) in [6.45, 7) is 2.22. The van der Waals surface area contributed by atoms with Crippen molar-refractivity contribution in [2.45, 2.75) is 58.3 Å². The minimum absolute atomic E-state index is 0.105. The van der Waals surface area contributed by atoms with Crippen LogP contribution in [0.25, 0.3) is 0 Å². The fourth-order valence-corrected chi connectivity index (χ4v) is 2.36. The fraction of sp³-hybridized carbons (Fsp3) is 0.714. The van der Waals surface area contributed by atoms with Crippen LogP contribution in [0.3, 0.4) is 0 Å². The van der Waals surface area contributed by atoms with Gasteiger partial charge in [0.15, 0.2) is 5.78 Å². The Balaban J connectivity index is 2.18. The molecule has 1 aromatic rings. The third-order valence-corrected chi connectivity index (χ3v) is 3.44. The SMILES string of the molecule is CCCCCCCCCC(=O)c1c(Cl)cnn1C. The van der Waals surface area contributed by atoms with E-state index < -0.39 is 0 Å². The number of Topliss-reactive ketones (excluding diaryl/α,β-unsaturated/α-hetero) is 1. The Hall–Kier alpha value is -0.830. The van der Waals surface area contributed by atoms with Gasteiger partial charge in [-0.25, -0.2) is 0 Å². The number of carbonyl (C=O) groups excluding carboxylic acids is 1. The number of hydrogen-bond donors (Lipinski definition) is 0. The number of ketones is 1. The molecule has 0 spiro atoms. The van der Waals surface area contributed by atoms with Crippen molar-refractivity contribution in [2.24, 2.45) is 7.05 Å². The van der Waals surface area contributed by atoms with Crippen molar-refractivity contribution in [3.05, 3.63) is 16.9 Å². The van der Waals surface area contributed by atoms with Crippen molar-refractivity contribution in [1.82, 2.24) is 9.78 Å². The molecule has 0 bridgehead atoms. The van der Waals surface area contributed by atoms with Crippen LogP contribution in [0.5, 0.6) is 0 Å². The first-order valence-corrected chi connectivity index (χ1v) is 7.25. The highest BCUT2D eigenvalue weighted by Gasteiger charge is 2.14. The number of aryl methyl sites for hydroxylation is 1. The zero-order chi connectivity index (χ0) is 13.4. The molecule has 3 nitrogen and oxygen atoms in total. The number of carbonyl (C=O) groups is 1. The maximum Gasteiger partial charge on any atom is 0.182 e. The summed E-state index contributed by atoms with van der Waals surface area (Å²) in [4.78, 5) is 11.9. The van der Waals surface area contributed by atoms with E-state index in [-0.39, 0.29) is 5.78 Å². The molecule has 0 amide bonds. The maximum atomic E-state index is 11.9. The topological polar surface area (TPSA) is 34.9 Å². The van der Waals surface area contributed by atoms with Gasteiger partial charge in [0, 0.05) is 13.5 Å². The third kappa shape index (κ3) is 4.81. The molecule has 102 valence electrons. The highest BCUT2D eigenvalue weighted by molar-refractivity contribution is 6.33. The molecule has 18 heavy (non-hydrogen) atoms. The molecule has 1 aromatic heterocycles. The number of nitrogens with zero attached hydrogens (tertiary/aromatic N) is 2. The van der Waals surface area contributed by atoms with Crippen LogP contribution in [0.15, 0.2) is 6.20 Å². The second kappa shape index (κ2) is 8.30. The van der Waals surface area contributed by atoms with Gasteiger partial charge >= 0.3 is 0 Å². The summed E-state index contributed by atoms with van der Waals surface area (Å²) in [5, 5.41) is 4.44. The smallest absolute Gasteiger partial charge is 0.182 e. The standard InChI is InChI=1S/C14H23ClN2O/c1-3-4-5-6-7-8-9-10-13(18)14-12(15)11-16-17(14)2/h11H,3-10H2,1-2H3. The van der Waals surface area contributed by atoms with Gasteiger partial charge in [-0.1, -0.05) is 57.0 Å². The average molecular weight is 271 g/mol. The van der Waals surface area contributed by atoms with Gasteiger partial charge in [-0.05, 0) is 6.42 Å². The zero-order valence-corrected chi connectivity index (χ0v) is 12.2. The van der Waals surface area contributed by atoms with Crippen LogP contribution >= 0.6 is 11.6 Å². The molecule has 1 rings (SSSR count). The Morgan fingerprint density at radius 2 is 1.83 bits per heavy atom. The van der Waals surface area contributed by atoms with E-state index in [9.17, 15) is 4.79 Å². The zero-order valence-electron chi connectivity index (χ0n) is 11.4. The minimum Gasteiger partial charge on any atom is -0.292 e. The first-order valence-electron chi connectivity index (χ1n) is 6.87. The van der Waals surface area contributed by atoms with E-state index in [1.165, 1.54) is 38.3 Å². The molecule has 0 aliphatic rings. The Morgan fingerprint density at radius 3 is 2.39 bits per heavy atom. The van der Waals surface area contributed by atoms with Crippen LogP contribution in [-0.4, -0.2) is 15.6 Å². The van der Waals surface area contributed by atoms with E-state index in [0.717, 1.165) is 12.8 Å². The highest BCUT2D eigenvalue weighted by atomic mass is 35.5. The molecular weight excluding hydrogens is 248 g/mol. The normalized spacial score (nSPS) is 10.8. The van der Waals surface area contributed by atoms with Crippen molar-refractivity contribution in [3.8, 4) is 0 Å². The van der Waals surface area contributed by atoms with Crippen LogP contribution in [-0.2, 0) is 7.05 Å². The predicted molar refractivity (Wildman–Crippen MR) is 75.2 cm³/mol. The van der Waals surface area contributed by atoms with Gasteiger partial charge < -0.3 is 0 Å². The second-order valence-electron chi connectivity index (χ2n) is 4.76. The van der Waals surface area contributed by atoms with Crippen LogP contribution in [0.2, 0.25) is 5.02 Å². The van der Waals surface area contributed by atoms with Gasteiger partial charge in [-0.2, -0.15) is 5.10 Å². The molecule has 0 saturated heterocycles. The Labute approximate surface area is 115 Å². The lowest BCUT2D eigenvalue weighted by Crippen LogP contribution is -2.07. The first kappa shape index (κ1) is 15.2. The number of unbranched alkanes of at least 4 members (excludes halogenated alkanes) is 6. The van der Waals surface area contributed by atoms with Gasteiger partial charge in [0.1, 0.15) is 5.69 Å². The van der Waals surface area contributed by atoms with Crippen molar-refractivity contribution in [3.63, 3.8) is 0 Å². The minimum atomic E-state index is 0.105. The molecule has 0 aromatic carbocycles. The lowest BCUT2D eigenvalue weighted by Gasteiger charge is -2.03. The Morgan fingerprint density at radius 1 is 1.22 bits per heavy atom. The Kier molecular flexibility index (Phi) is 7.02. The van der Waals surface area contributed by atoms with Gasteiger partial charge in [-0.15, -0.1) is 0 Å². The molecule has 0 fully saturated rings. The van der Waals surface area contributed by atoms with E-state index in [1.54, 1.807) is 11.7 Å². The van der Waals surface area contributed by atoms with E-state index in [0.29, 0.717) is 17.1 Å². The fourth-order valence-electron chi connectivity index (χ4n) is 2.09. The van der Waals surface area contributed by atoms with Crippen molar-refractivity contribution in [1.29, 1.82) is 0 Å². The number of hydrogen-bond acceptors (Lipinski definition) is 2. The monoisotopic (exact) mass is 270 g/mol. The van der Waals surface area contributed by atoms with Crippen molar-refractivity contribution in [2.75, 3.05) is 0 Å². The summed E-state index contributed by atoms with van der Waals surface area (Å²) in [7, 11) is 1.75. The molecule has 0 atom stereocenters. The maximum absolute atomic E-state index is 11.9. The third-order valence-electron chi connectivity index (χ3n) is 3.17. The molecular formula is C14H23ClN2O. The van der Waals surface area contributed by atoms with Gasteiger partial charge in [0.05, 0.1) is 11.2 Å². The van der Waals surface area contributed by atoms with Crippen LogP contribution < -0.4 is 0 Å². The first-order chi connectivity index (χ1) is 8.66. The molecule has 0 radical (unpaired) electrons. The van der Waals surface area contributed by atoms with Crippen LogP contribution in [0, 0.1) is 0 Å². The lowest BCUT2D eigenvalue weighted by molar-refractivity contribution is 0.0970. The number of rotatable bonds is 9. The highest BCUT2D eigenvalue weighted by Crippen LogP contribution is 2.17. The molecule has 0 saturated carbocycles. The van der Waals surface area contributed by atoms with Crippen LogP contribution in [0.4, 0.5) is 0 Å². The van der Waals surface area contributed by atoms with E-state index in [4.69, 9.17) is 11.6 Å². The van der Waals surface area contributed by atoms with Crippen LogP contribution in [0.1, 0.15) is 68.8 Å². The summed E-state index contributed by atoms with van der Waals surface area (Å²) in [6, 6.07) is 0. The van der Waals surface area contributed by atoms with Gasteiger partial charge in [-0.3, -0.25) is 9.48 Å².